The fourth-order valence-corrected chi connectivity index (χ4v) is 8.00. The van der Waals surface area contributed by atoms with Crippen LogP contribution in [0.2, 0.25) is 0 Å². The van der Waals surface area contributed by atoms with Gasteiger partial charge in [0.1, 0.15) is 18.5 Å². The number of carbonyl (C=O) groups excluding carboxylic acids is 1. The van der Waals surface area contributed by atoms with Gasteiger partial charge in [0.2, 0.25) is 0 Å². The Balaban J connectivity index is 1.29. The summed E-state index contributed by atoms with van der Waals surface area (Å²) in [5.74, 6) is 6.48. The van der Waals surface area contributed by atoms with E-state index in [0.29, 0.717) is 40.1 Å². The van der Waals surface area contributed by atoms with E-state index in [1.807, 2.05) is 26.8 Å². The van der Waals surface area contributed by atoms with Crippen molar-refractivity contribution in [2.75, 3.05) is 50.7 Å². The highest BCUT2D eigenvalue weighted by Gasteiger charge is 2.54. The van der Waals surface area contributed by atoms with Crippen LogP contribution < -0.4 is 20.7 Å². The standard InChI is InChI=1S/C33H39F3N3O4PS/c1-31(2,3)43-30(40)39-19-32(20-39)16-21(17-32)38-26-10-7-9-23-24(18-33(34,35)36)28(45-29(23)26)11-8-14-37-25-13-12-22(44(5,6)41)15-27(25)42-4/h7,9-10,12-13,15,21,37-38H,14,16-20H2,1-6H3. The third-order valence-electron chi connectivity index (χ3n) is 7.99. The number of halogens is 3. The maximum Gasteiger partial charge on any atom is 0.410 e. The number of methoxy groups -OCH3 is 1. The Bertz CT molecular complexity index is 1700. The Morgan fingerprint density at radius 2 is 1.84 bits per heavy atom. The van der Waals surface area contributed by atoms with Crippen LogP contribution in [0.3, 0.4) is 0 Å². The number of likely N-dealkylation sites (tertiary alicyclic amines) is 1. The molecule has 2 fully saturated rings. The van der Waals surface area contributed by atoms with Gasteiger partial charge < -0.3 is 29.6 Å². The Morgan fingerprint density at radius 1 is 1.13 bits per heavy atom. The first-order chi connectivity index (χ1) is 21.0. The zero-order valence-electron chi connectivity index (χ0n) is 26.4. The zero-order valence-corrected chi connectivity index (χ0v) is 28.1. The number of hydrogen-bond acceptors (Lipinski definition) is 7. The van der Waals surface area contributed by atoms with Crippen molar-refractivity contribution >= 4 is 51.3 Å². The van der Waals surface area contributed by atoms with E-state index in [4.69, 9.17) is 9.47 Å². The number of fused-ring (bicyclic) bond motifs is 1. The second kappa shape index (κ2) is 12.1. The number of amides is 1. The molecule has 1 saturated carbocycles. The fourth-order valence-electron chi connectivity index (χ4n) is 5.97. The minimum Gasteiger partial charge on any atom is -0.495 e. The summed E-state index contributed by atoms with van der Waals surface area (Å²) in [6, 6.07) is 10.8. The number of thiophene rings is 1. The number of ether oxygens (including phenoxy) is 2. The van der Waals surface area contributed by atoms with Gasteiger partial charge in [-0.3, -0.25) is 0 Å². The highest BCUT2D eigenvalue weighted by Crippen LogP contribution is 2.50. The second-order valence-electron chi connectivity index (χ2n) is 13.4. The highest BCUT2D eigenvalue weighted by atomic mass is 32.1. The maximum atomic E-state index is 13.7. The molecule has 12 heteroatoms. The van der Waals surface area contributed by atoms with Gasteiger partial charge in [0.25, 0.3) is 0 Å². The first kappa shape index (κ1) is 33.0. The summed E-state index contributed by atoms with van der Waals surface area (Å²) < 4.78 is 65.1. The van der Waals surface area contributed by atoms with Gasteiger partial charge in [-0.1, -0.05) is 24.0 Å². The number of carbonyl (C=O) groups is 1. The van der Waals surface area contributed by atoms with Gasteiger partial charge in [-0.25, -0.2) is 4.79 Å². The van der Waals surface area contributed by atoms with E-state index in [2.05, 4.69) is 22.5 Å². The average molecular weight is 662 g/mol. The number of hydrogen-bond donors (Lipinski definition) is 2. The maximum absolute atomic E-state index is 13.7. The molecule has 45 heavy (non-hydrogen) atoms. The van der Waals surface area contributed by atoms with Crippen molar-refractivity contribution in [1.29, 1.82) is 0 Å². The number of alkyl halides is 3. The van der Waals surface area contributed by atoms with Crippen molar-refractivity contribution in [1.82, 2.24) is 4.90 Å². The third-order valence-corrected chi connectivity index (χ3v) is 10.7. The molecule has 5 rings (SSSR count). The van der Waals surface area contributed by atoms with Crippen molar-refractivity contribution in [3.63, 3.8) is 0 Å². The lowest BCUT2D eigenvalue weighted by Gasteiger charge is -2.58. The minimum absolute atomic E-state index is 0.0682. The Morgan fingerprint density at radius 3 is 2.47 bits per heavy atom. The Kier molecular flexibility index (Phi) is 8.89. The molecule has 2 heterocycles. The van der Waals surface area contributed by atoms with Crippen LogP contribution in [0.15, 0.2) is 36.4 Å². The van der Waals surface area contributed by atoms with E-state index in [9.17, 15) is 22.5 Å². The SMILES string of the molecule is COc1cc(P(C)(C)=O)ccc1NCC#Cc1sc2c(NC3CC4(C3)CN(C(=O)OC(C)(C)C)C4)cccc2c1CC(F)(F)F. The molecule has 3 aromatic rings. The van der Waals surface area contributed by atoms with E-state index < -0.39 is 25.3 Å². The number of nitrogens with one attached hydrogen (secondary N) is 2. The van der Waals surface area contributed by atoms with Crippen LogP contribution in [0.25, 0.3) is 10.1 Å². The molecule has 7 nitrogen and oxygen atoms in total. The summed E-state index contributed by atoms with van der Waals surface area (Å²) in [7, 11) is -0.947. The molecule has 1 spiro atoms. The fraction of sp³-hybridized carbons (Fsp3) is 0.485. The molecule has 1 aromatic heterocycles. The molecule has 2 N–H and O–H groups in total. The smallest absolute Gasteiger partial charge is 0.410 e. The van der Waals surface area contributed by atoms with E-state index in [1.54, 1.807) is 48.6 Å². The molecule has 2 aliphatic rings. The van der Waals surface area contributed by atoms with Gasteiger partial charge in [0, 0.05) is 29.9 Å². The molecular weight excluding hydrogens is 622 g/mol. The highest BCUT2D eigenvalue weighted by molar-refractivity contribution is 7.70. The lowest BCUT2D eigenvalue weighted by atomic mass is 9.60. The van der Waals surface area contributed by atoms with Crippen molar-refractivity contribution in [2.45, 2.75) is 57.9 Å². The summed E-state index contributed by atoms with van der Waals surface area (Å²) in [6.45, 7) is 10.4. The summed E-state index contributed by atoms with van der Waals surface area (Å²) >= 11 is 1.27. The number of nitrogens with zero attached hydrogens (tertiary/aromatic N) is 1. The summed E-state index contributed by atoms with van der Waals surface area (Å²) in [5.41, 5.74) is 1.16. The van der Waals surface area contributed by atoms with E-state index in [-0.39, 0.29) is 29.7 Å². The summed E-state index contributed by atoms with van der Waals surface area (Å²) in [5, 5.41) is 7.94. The van der Waals surface area contributed by atoms with E-state index in [1.165, 1.54) is 18.4 Å². The molecular formula is C33H39F3N3O4PS. The molecule has 1 saturated heterocycles. The van der Waals surface area contributed by atoms with Gasteiger partial charge in [0.05, 0.1) is 41.0 Å². The van der Waals surface area contributed by atoms with E-state index in [0.717, 1.165) is 23.2 Å². The molecule has 0 bridgehead atoms. The quantitative estimate of drug-likeness (QED) is 0.201. The van der Waals surface area contributed by atoms with Crippen molar-refractivity contribution in [3.05, 3.63) is 46.8 Å². The minimum atomic E-state index is -4.39. The number of rotatable bonds is 7. The van der Waals surface area contributed by atoms with Crippen LogP contribution in [0.1, 0.15) is 44.1 Å². The van der Waals surface area contributed by atoms with Crippen LogP contribution in [0.4, 0.5) is 29.3 Å². The van der Waals surface area contributed by atoms with Crippen LogP contribution in [-0.2, 0) is 15.7 Å². The molecule has 1 aliphatic heterocycles. The van der Waals surface area contributed by atoms with Gasteiger partial charge in [-0.2, -0.15) is 13.2 Å². The van der Waals surface area contributed by atoms with Gasteiger partial charge in [0.15, 0.2) is 0 Å². The predicted octanol–water partition coefficient (Wildman–Crippen LogP) is 7.54. The monoisotopic (exact) mass is 661 g/mol. The first-order valence-electron chi connectivity index (χ1n) is 14.8. The van der Waals surface area contributed by atoms with Crippen LogP contribution in [0.5, 0.6) is 5.75 Å². The lowest BCUT2D eigenvalue weighted by molar-refractivity contribution is -0.126. The zero-order chi connectivity index (χ0) is 32.8. The second-order valence-corrected chi connectivity index (χ2v) is 17.6. The van der Waals surface area contributed by atoms with Crippen molar-refractivity contribution in [2.24, 2.45) is 5.41 Å². The van der Waals surface area contributed by atoms with Crippen LogP contribution in [-0.4, -0.2) is 68.9 Å². The van der Waals surface area contributed by atoms with E-state index >= 15 is 0 Å². The number of benzene rings is 2. The van der Waals surface area contributed by atoms with Crippen molar-refractivity contribution < 1.29 is 32.0 Å². The molecule has 0 unspecified atom stereocenters. The summed E-state index contributed by atoms with van der Waals surface area (Å²) in [6.07, 6.45) is -4.00. The molecule has 242 valence electrons. The summed E-state index contributed by atoms with van der Waals surface area (Å²) in [4.78, 5) is 14.5. The van der Waals surface area contributed by atoms with Crippen molar-refractivity contribution in [3.8, 4) is 17.6 Å². The van der Waals surface area contributed by atoms with Crippen LogP contribution >= 0.6 is 18.5 Å². The predicted molar refractivity (Wildman–Crippen MR) is 176 cm³/mol. The molecule has 0 atom stereocenters. The van der Waals surface area contributed by atoms with Gasteiger partial charge in [-0.05, 0) is 82.2 Å². The molecule has 1 amide bonds. The van der Waals surface area contributed by atoms with Gasteiger partial charge in [-0.15, -0.1) is 11.3 Å². The van der Waals surface area contributed by atoms with Gasteiger partial charge >= 0.3 is 12.3 Å². The van der Waals surface area contributed by atoms with Crippen LogP contribution in [0, 0.1) is 17.3 Å². The topological polar surface area (TPSA) is 79.9 Å². The lowest BCUT2D eigenvalue weighted by Crippen LogP contribution is -2.66. The third kappa shape index (κ3) is 7.73. The molecule has 1 aliphatic carbocycles. The average Bonchev–Trinajstić information content (AvgIpc) is 3.21. The molecule has 0 radical (unpaired) electrons. The Labute approximate surface area is 266 Å². The first-order valence-corrected chi connectivity index (χ1v) is 18.2. The Hall–Kier alpha value is -3.35. The largest absolute Gasteiger partial charge is 0.495 e. The molecule has 2 aromatic carbocycles. The normalized spacial score (nSPS) is 16.4. The number of anilines is 2.